The molecule has 0 unspecified atom stereocenters. The highest BCUT2D eigenvalue weighted by atomic mass is 16.5. The molecule has 6 heteroatoms. The topological polar surface area (TPSA) is 75.7 Å². The molecule has 3 rings (SSSR count). The fourth-order valence-corrected chi connectivity index (χ4v) is 2.72. The van der Waals surface area contributed by atoms with Crippen molar-refractivity contribution in [3.8, 4) is 0 Å². The number of anilines is 2. The van der Waals surface area contributed by atoms with Crippen LogP contribution >= 0.6 is 0 Å². The molecule has 25 heavy (non-hydrogen) atoms. The Kier molecular flexibility index (Phi) is 4.79. The van der Waals surface area contributed by atoms with Crippen LogP contribution in [-0.2, 0) is 9.53 Å². The molecular formula is C19H18N2O4. The summed E-state index contributed by atoms with van der Waals surface area (Å²) in [6, 6.07) is 13.4. The van der Waals surface area contributed by atoms with Gasteiger partial charge in [-0.05, 0) is 55.0 Å². The second-order valence-electron chi connectivity index (χ2n) is 5.72. The predicted molar refractivity (Wildman–Crippen MR) is 93.8 cm³/mol. The van der Waals surface area contributed by atoms with Crippen LogP contribution in [0.3, 0.4) is 0 Å². The maximum absolute atomic E-state index is 12.3. The Labute approximate surface area is 145 Å². The first-order valence-electron chi connectivity index (χ1n) is 7.98. The van der Waals surface area contributed by atoms with Crippen LogP contribution in [0.4, 0.5) is 11.4 Å². The molecule has 1 aliphatic heterocycles. The maximum Gasteiger partial charge on any atom is 0.337 e. The minimum absolute atomic E-state index is 0.127. The Hall–Kier alpha value is -3.15. The van der Waals surface area contributed by atoms with Gasteiger partial charge >= 0.3 is 5.97 Å². The van der Waals surface area contributed by atoms with E-state index in [0.717, 1.165) is 18.7 Å². The van der Waals surface area contributed by atoms with Gasteiger partial charge in [-0.2, -0.15) is 0 Å². The van der Waals surface area contributed by atoms with E-state index in [1.54, 1.807) is 41.3 Å². The molecule has 1 aliphatic rings. The molecule has 0 radical (unpaired) electrons. The lowest BCUT2D eigenvalue weighted by Gasteiger charge is -2.16. The number of nitrogens with zero attached hydrogens (tertiary/aromatic N) is 1. The van der Waals surface area contributed by atoms with Gasteiger partial charge in [-0.1, -0.05) is 0 Å². The summed E-state index contributed by atoms with van der Waals surface area (Å²) in [4.78, 5) is 37.2. The molecule has 0 aliphatic carbocycles. The van der Waals surface area contributed by atoms with E-state index < -0.39 is 5.97 Å². The lowest BCUT2D eigenvalue weighted by Crippen LogP contribution is -2.23. The normalized spacial score (nSPS) is 13.6. The Morgan fingerprint density at radius 2 is 1.64 bits per heavy atom. The molecule has 0 bridgehead atoms. The number of rotatable bonds is 4. The molecule has 0 atom stereocenters. The van der Waals surface area contributed by atoms with Gasteiger partial charge < -0.3 is 15.0 Å². The van der Waals surface area contributed by atoms with E-state index in [1.807, 2.05) is 12.1 Å². The SMILES string of the molecule is COC(=O)c1ccc(C(=O)Nc2ccc(N3CCCC3=O)cc2)cc1. The summed E-state index contributed by atoms with van der Waals surface area (Å²) in [6.45, 7) is 0.733. The van der Waals surface area contributed by atoms with E-state index in [0.29, 0.717) is 23.2 Å². The van der Waals surface area contributed by atoms with Crippen LogP contribution in [0, 0.1) is 0 Å². The lowest BCUT2D eigenvalue weighted by atomic mass is 10.1. The Balaban J connectivity index is 1.66. The highest BCUT2D eigenvalue weighted by Gasteiger charge is 2.21. The first-order valence-corrected chi connectivity index (χ1v) is 7.98. The summed E-state index contributed by atoms with van der Waals surface area (Å²) in [6.07, 6.45) is 1.46. The summed E-state index contributed by atoms with van der Waals surface area (Å²) < 4.78 is 4.63. The third kappa shape index (κ3) is 3.68. The quantitative estimate of drug-likeness (QED) is 0.870. The van der Waals surface area contributed by atoms with E-state index in [9.17, 15) is 14.4 Å². The van der Waals surface area contributed by atoms with Gasteiger partial charge in [-0.3, -0.25) is 9.59 Å². The van der Waals surface area contributed by atoms with Crippen molar-refractivity contribution in [2.45, 2.75) is 12.8 Å². The van der Waals surface area contributed by atoms with E-state index in [2.05, 4.69) is 10.1 Å². The number of carbonyl (C=O) groups excluding carboxylic acids is 3. The molecule has 0 aromatic heterocycles. The number of hydrogen-bond donors (Lipinski definition) is 1. The van der Waals surface area contributed by atoms with Crippen molar-refractivity contribution in [3.05, 3.63) is 59.7 Å². The van der Waals surface area contributed by atoms with Gasteiger partial charge in [0.05, 0.1) is 12.7 Å². The molecule has 1 fully saturated rings. The van der Waals surface area contributed by atoms with Crippen molar-refractivity contribution < 1.29 is 19.1 Å². The number of nitrogens with one attached hydrogen (secondary N) is 1. The Bertz CT molecular complexity index is 797. The number of methoxy groups -OCH3 is 1. The molecule has 2 aromatic rings. The molecule has 0 spiro atoms. The molecule has 6 nitrogen and oxygen atoms in total. The van der Waals surface area contributed by atoms with Crippen molar-refractivity contribution in [2.75, 3.05) is 23.9 Å². The minimum atomic E-state index is -0.445. The molecule has 2 aromatic carbocycles. The van der Waals surface area contributed by atoms with Gasteiger partial charge in [0, 0.05) is 29.9 Å². The summed E-state index contributed by atoms with van der Waals surface area (Å²) in [5, 5.41) is 2.79. The van der Waals surface area contributed by atoms with Gasteiger partial charge in [0.25, 0.3) is 5.91 Å². The predicted octanol–water partition coefficient (Wildman–Crippen LogP) is 2.85. The Morgan fingerprint density at radius 3 is 2.20 bits per heavy atom. The van der Waals surface area contributed by atoms with Crippen LogP contribution in [0.2, 0.25) is 0 Å². The second kappa shape index (κ2) is 7.17. The fraction of sp³-hybridized carbons (Fsp3) is 0.211. The average molecular weight is 338 g/mol. The van der Waals surface area contributed by atoms with Crippen molar-refractivity contribution in [2.24, 2.45) is 0 Å². The highest BCUT2D eigenvalue weighted by Crippen LogP contribution is 2.23. The highest BCUT2D eigenvalue weighted by molar-refractivity contribution is 6.05. The zero-order chi connectivity index (χ0) is 17.8. The van der Waals surface area contributed by atoms with E-state index >= 15 is 0 Å². The van der Waals surface area contributed by atoms with Crippen molar-refractivity contribution in [1.29, 1.82) is 0 Å². The number of benzene rings is 2. The number of carbonyl (C=O) groups is 3. The molecule has 2 amide bonds. The van der Waals surface area contributed by atoms with Gasteiger partial charge in [0.15, 0.2) is 0 Å². The van der Waals surface area contributed by atoms with Crippen LogP contribution < -0.4 is 10.2 Å². The number of hydrogen-bond acceptors (Lipinski definition) is 4. The number of esters is 1. The molecule has 0 saturated carbocycles. The smallest absolute Gasteiger partial charge is 0.337 e. The van der Waals surface area contributed by atoms with E-state index in [4.69, 9.17) is 0 Å². The monoisotopic (exact) mass is 338 g/mol. The summed E-state index contributed by atoms with van der Waals surface area (Å²) in [5.41, 5.74) is 2.30. The molecule has 1 N–H and O–H groups in total. The van der Waals surface area contributed by atoms with Crippen LogP contribution in [0.5, 0.6) is 0 Å². The van der Waals surface area contributed by atoms with Crippen molar-refractivity contribution in [1.82, 2.24) is 0 Å². The van der Waals surface area contributed by atoms with Gasteiger partial charge in [-0.15, -0.1) is 0 Å². The molecule has 1 heterocycles. The van der Waals surface area contributed by atoms with Crippen LogP contribution in [-0.4, -0.2) is 31.4 Å². The van der Waals surface area contributed by atoms with Gasteiger partial charge in [0.1, 0.15) is 0 Å². The minimum Gasteiger partial charge on any atom is -0.465 e. The largest absolute Gasteiger partial charge is 0.465 e. The fourth-order valence-electron chi connectivity index (χ4n) is 2.72. The summed E-state index contributed by atoms with van der Waals surface area (Å²) >= 11 is 0. The molecule has 128 valence electrons. The lowest BCUT2D eigenvalue weighted by molar-refractivity contribution is -0.117. The maximum atomic E-state index is 12.3. The molecule has 1 saturated heterocycles. The third-order valence-corrected chi connectivity index (χ3v) is 4.08. The van der Waals surface area contributed by atoms with Gasteiger partial charge in [-0.25, -0.2) is 4.79 Å². The second-order valence-corrected chi connectivity index (χ2v) is 5.72. The first kappa shape index (κ1) is 16.7. The van der Waals surface area contributed by atoms with E-state index in [-0.39, 0.29) is 11.8 Å². The summed E-state index contributed by atoms with van der Waals surface area (Å²) in [7, 11) is 1.31. The Morgan fingerprint density at radius 1 is 1.00 bits per heavy atom. The van der Waals surface area contributed by atoms with Crippen molar-refractivity contribution in [3.63, 3.8) is 0 Å². The van der Waals surface area contributed by atoms with Crippen LogP contribution in [0.1, 0.15) is 33.6 Å². The third-order valence-electron chi connectivity index (χ3n) is 4.08. The number of ether oxygens (including phenoxy) is 1. The summed E-state index contributed by atoms with van der Waals surface area (Å²) in [5.74, 6) is -0.595. The van der Waals surface area contributed by atoms with Crippen LogP contribution in [0.25, 0.3) is 0 Å². The first-order chi connectivity index (χ1) is 12.1. The number of amides is 2. The standard InChI is InChI=1S/C19H18N2O4/c1-25-19(24)14-6-4-13(5-7-14)18(23)20-15-8-10-16(11-9-15)21-12-2-3-17(21)22/h4-11H,2-3,12H2,1H3,(H,20,23). The zero-order valence-corrected chi connectivity index (χ0v) is 13.8. The van der Waals surface area contributed by atoms with Gasteiger partial charge in [0.2, 0.25) is 5.91 Å². The van der Waals surface area contributed by atoms with Crippen LogP contribution in [0.15, 0.2) is 48.5 Å². The zero-order valence-electron chi connectivity index (χ0n) is 13.8. The molecular weight excluding hydrogens is 320 g/mol. The average Bonchev–Trinajstić information content (AvgIpc) is 3.07. The van der Waals surface area contributed by atoms with E-state index in [1.165, 1.54) is 7.11 Å². The van der Waals surface area contributed by atoms with Crippen molar-refractivity contribution >= 4 is 29.2 Å².